The van der Waals surface area contributed by atoms with E-state index < -0.39 is 0 Å². The molecular formula is C9H21N3O. The lowest BCUT2D eigenvalue weighted by Crippen LogP contribution is -2.27. The van der Waals surface area contributed by atoms with Gasteiger partial charge >= 0.3 is 0 Å². The monoisotopic (exact) mass is 187 g/mol. The van der Waals surface area contributed by atoms with Crippen LogP contribution in [0.25, 0.3) is 0 Å². The lowest BCUT2D eigenvalue weighted by atomic mass is 10.2. The molecule has 0 heterocycles. The van der Waals surface area contributed by atoms with Crippen molar-refractivity contribution in [2.75, 3.05) is 26.2 Å². The summed E-state index contributed by atoms with van der Waals surface area (Å²) in [6.45, 7) is 5.02. The van der Waals surface area contributed by atoms with Gasteiger partial charge in [-0.05, 0) is 25.9 Å². The molecule has 13 heavy (non-hydrogen) atoms. The molecule has 0 radical (unpaired) electrons. The molecule has 0 amide bonds. The van der Waals surface area contributed by atoms with Crippen molar-refractivity contribution < 1.29 is 5.11 Å². The number of amidine groups is 1. The van der Waals surface area contributed by atoms with Crippen molar-refractivity contribution >= 4 is 5.84 Å². The highest BCUT2D eigenvalue weighted by Crippen LogP contribution is 1.97. The minimum atomic E-state index is 0.223. The van der Waals surface area contributed by atoms with Gasteiger partial charge < -0.3 is 15.7 Å². The standard InChI is InChI=1S/C9H21N3O/c1-2-12(7-8-13)6-4-3-5-9(10)11/h13H,2-8H2,1H3,(H3,10,11). The smallest absolute Gasteiger partial charge is 0.0905 e. The third kappa shape index (κ3) is 7.74. The second-order valence-corrected chi connectivity index (χ2v) is 3.14. The fourth-order valence-electron chi connectivity index (χ4n) is 1.22. The fraction of sp³-hybridized carbons (Fsp3) is 0.889. The zero-order valence-electron chi connectivity index (χ0n) is 8.42. The molecule has 78 valence electrons. The molecule has 0 aromatic heterocycles. The second kappa shape index (κ2) is 8.01. The number of aliphatic hydroxyl groups excluding tert-OH is 1. The minimum absolute atomic E-state index is 0.223. The van der Waals surface area contributed by atoms with Gasteiger partial charge in [-0.3, -0.25) is 5.41 Å². The predicted octanol–water partition coefficient (Wildman–Crippen LogP) is 0.407. The molecule has 0 atom stereocenters. The average molecular weight is 187 g/mol. The summed E-state index contributed by atoms with van der Waals surface area (Å²) in [6, 6.07) is 0. The number of hydrogen-bond acceptors (Lipinski definition) is 3. The van der Waals surface area contributed by atoms with Crippen molar-refractivity contribution in [3.05, 3.63) is 0 Å². The van der Waals surface area contributed by atoms with Crippen LogP contribution in [0.15, 0.2) is 0 Å². The van der Waals surface area contributed by atoms with E-state index in [1.165, 1.54) is 0 Å². The van der Waals surface area contributed by atoms with Crippen molar-refractivity contribution in [3.63, 3.8) is 0 Å². The maximum Gasteiger partial charge on any atom is 0.0905 e. The van der Waals surface area contributed by atoms with Crippen molar-refractivity contribution in [1.29, 1.82) is 5.41 Å². The van der Waals surface area contributed by atoms with Crippen LogP contribution in [-0.2, 0) is 0 Å². The number of nitrogens with one attached hydrogen (secondary N) is 1. The summed E-state index contributed by atoms with van der Waals surface area (Å²) in [5.74, 6) is 0.269. The first-order valence-electron chi connectivity index (χ1n) is 4.86. The van der Waals surface area contributed by atoms with Gasteiger partial charge in [0.25, 0.3) is 0 Å². The van der Waals surface area contributed by atoms with E-state index >= 15 is 0 Å². The summed E-state index contributed by atoms with van der Waals surface area (Å²) in [6.07, 6.45) is 2.71. The molecule has 4 nitrogen and oxygen atoms in total. The van der Waals surface area contributed by atoms with Crippen molar-refractivity contribution in [1.82, 2.24) is 4.90 Å². The molecule has 0 saturated heterocycles. The molecule has 4 N–H and O–H groups in total. The van der Waals surface area contributed by atoms with E-state index in [2.05, 4.69) is 11.8 Å². The zero-order valence-corrected chi connectivity index (χ0v) is 8.42. The number of aliphatic hydroxyl groups is 1. The Hall–Kier alpha value is -0.610. The van der Waals surface area contributed by atoms with Crippen LogP contribution in [0.2, 0.25) is 0 Å². The lowest BCUT2D eigenvalue weighted by molar-refractivity contribution is 0.200. The first kappa shape index (κ1) is 12.4. The predicted molar refractivity (Wildman–Crippen MR) is 55.0 cm³/mol. The molecule has 0 aliphatic rings. The van der Waals surface area contributed by atoms with Crippen LogP contribution < -0.4 is 5.73 Å². The molecule has 0 aliphatic carbocycles. The van der Waals surface area contributed by atoms with Crippen molar-refractivity contribution in [2.24, 2.45) is 5.73 Å². The van der Waals surface area contributed by atoms with Crippen molar-refractivity contribution in [3.8, 4) is 0 Å². The van der Waals surface area contributed by atoms with Gasteiger partial charge in [-0.15, -0.1) is 0 Å². The summed E-state index contributed by atoms with van der Waals surface area (Å²) in [5.41, 5.74) is 5.23. The topological polar surface area (TPSA) is 73.3 Å². The first-order chi connectivity index (χ1) is 6.20. The Morgan fingerprint density at radius 3 is 2.54 bits per heavy atom. The molecular weight excluding hydrogens is 166 g/mol. The Morgan fingerprint density at radius 2 is 2.08 bits per heavy atom. The summed E-state index contributed by atoms with van der Waals surface area (Å²) in [4.78, 5) is 2.19. The third-order valence-electron chi connectivity index (χ3n) is 2.03. The van der Waals surface area contributed by atoms with E-state index in [0.717, 1.165) is 32.5 Å². The molecule has 0 rings (SSSR count). The van der Waals surface area contributed by atoms with Crippen LogP contribution >= 0.6 is 0 Å². The molecule has 0 bridgehead atoms. The zero-order chi connectivity index (χ0) is 10.1. The maximum atomic E-state index is 8.72. The van der Waals surface area contributed by atoms with Crippen LogP contribution in [0, 0.1) is 5.41 Å². The Labute approximate surface area is 80.2 Å². The summed E-state index contributed by atoms with van der Waals surface area (Å²) in [5, 5.41) is 15.7. The molecule has 0 saturated carbocycles. The molecule has 0 aromatic carbocycles. The highest BCUT2D eigenvalue weighted by molar-refractivity contribution is 5.76. The molecule has 4 heteroatoms. The molecule has 0 fully saturated rings. The number of likely N-dealkylation sites (N-methyl/N-ethyl adjacent to an activating group) is 1. The van der Waals surface area contributed by atoms with Crippen LogP contribution in [0.4, 0.5) is 0 Å². The van der Waals surface area contributed by atoms with Crippen molar-refractivity contribution in [2.45, 2.75) is 26.2 Å². The van der Waals surface area contributed by atoms with Crippen LogP contribution in [-0.4, -0.2) is 42.1 Å². The van der Waals surface area contributed by atoms with E-state index in [0.29, 0.717) is 6.42 Å². The average Bonchev–Trinajstić information content (AvgIpc) is 2.10. The minimum Gasteiger partial charge on any atom is -0.395 e. The van der Waals surface area contributed by atoms with E-state index in [1.807, 2.05) is 0 Å². The maximum absolute atomic E-state index is 8.72. The van der Waals surface area contributed by atoms with E-state index in [4.69, 9.17) is 16.2 Å². The number of nitrogens with zero attached hydrogens (tertiary/aromatic N) is 1. The molecule has 0 aliphatic heterocycles. The largest absolute Gasteiger partial charge is 0.395 e. The third-order valence-corrected chi connectivity index (χ3v) is 2.03. The Bertz CT molecular complexity index is 139. The molecule has 0 unspecified atom stereocenters. The number of hydrogen-bond donors (Lipinski definition) is 3. The summed E-state index contributed by atoms with van der Waals surface area (Å²) >= 11 is 0. The van der Waals surface area contributed by atoms with Crippen LogP contribution in [0.3, 0.4) is 0 Å². The van der Waals surface area contributed by atoms with Gasteiger partial charge in [-0.25, -0.2) is 0 Å². The fourth-order valence-corrected chi connectivity index (χ4v) is 1.22. The Morgan fingerprint density at radius 1 is 1.38 bits per heavy atom. The summed E-state index contributed by atoms with van der Waals surface area (Å²) < 4.78 is 0. The highest BCUT2D eigenvalue weighted by Gasteiger charge is 2.00. The van der Waals surface area contributed by atoms with Gasteiger partial charge in [0.15, 0.2) is 0 Å². The van der Waals surface area contributed by atoms with Gasteiger partial charge in [0, 0.05) is 13.0 Å². The highest BCUT2D eigenvalue weighted by atomic mass is 16.3. The number of rotatable bonds is 8. The van der Waals surface area contributed by atoms with E-state index in [1.54, 1.807) is 0 Å². The van der Waals surface area contributed by atoms with Gasteiger partial charge in [-0.1, -0.05) is 6.92 Å². The van der Waals surface area contributed by atoms with Gasteiger partial charge in [0.05, 0.1) is 12.4 Å². The Kier molecular flexibility index (Phi) is 7.63. The number of unbranched alkanes of at least 4 members (excludes halogenated alkanes) is 1. The molecule has 0 spiro atoms. The van der Waals surface area contributed by atoms with E-state index in [9.17, 15) is 0 Å². The van der Waals surface area contributed by atoms with Crippen LogP contribution in [0.5, 0.6) is 0 Å². The lowest BCUT2D eigenvalue weighted by Gasteiger charge is -2.18. The molecule has 0 aromatic rings. The van der Waals surface area contributed by atoms with Gasteiger partial charge in [0.1, 0.15) is 0 Å². The quantitative estimate of drug-likeness (QED) is 0.293. The number of nitrogens with two attached hydrogens (primary N) is 1. The summed E-state index contributed by atoms with van der Waals surface area (Å²) in [7, 11) is 0. The second-order valence-electron chi connectivity index (χ2n) is 3.14. The normalized spacial score (nSPS) is 10.7. The van der Waals surface area contributed by atoms with Gasteiger partial charge in [-0.2, -0.15) is 0 Å². The van der Waals surface area contributed by atoms with E-state index in [-0.39, 0.29) is 12.4 Å². The Balaban J connectivity index is 3.32. The SMILES string of the molecule is CCN(CCO)CCCCC(=N)N. The first-order valence-corrected chi connectivity index (χ1v) is 4.86. The van der Waals surface area contributed by atoms with Gasteiger partial charge in [0.2, 0.25) is 0 Å². The van der Waals surface area contributed by atoms with Crippen LogP contribution in [0.1, 0.15) is 26.2 Å².